The van der Waals surface area contributed by atoms with Gasteiger partial charge in [-0.3, -0.25) is 4.68 Å². The van der Waals surface area contributed by atoms with Crippen LogP contribution in [-0.2, 0) is 4.74 Å². The number of nitrogens with zero attached hydrogens (tertiary/aromatic N) is 5. The number of fused-ring (bicyclic) bond motifs is 1. The van der Waals surface area contributed by atoms with E-state index in [1.54, 1.807) is 29.6 Å². The molecule has 8 heteroatoms. The minimum atomic E-state index is 0.404. The summed E-state index contributed by atoms with van der Waals surface area (Å²) in [6.45, 7) is 2.70. The Hall–Kier alpha value is -2.34. The van der Waals surface area contributed by atoms with E-state index in [-0.39, 0.29) is 0 Å². The van der Waals surface area contributed by atoms with Crippen molar-refractivity contribution in [1.82, 2.24) is 24.7 Å². The molecule has 1 saturated heterocycles. The Labute approximate surface area is 162 Å². The number of hydrogen-bond acceptors (Lipinski definition) is 6. The van der Waals surface area contributed by atoms with Crippen LogP contribution in [0.1, 0.15) is 24.4 Å². The van der Waals surface area contributed by atoms with E-state index in [4.69, 9.17) is 4.74 Å². The van der Waals surface area contributed by atoms with Gasteiger partial charge in [0.2, 0.25) is 0 Å². The van der Waals surface area contributed by atoms with Gasteiger partial charge in [0.25, 0.3) is 0 Å². The maximum atomic E-state index is 9.40. The molecule has 1 N–H and O–H groups in total. The highest BCUT2D eigenvalue weighted by Crippen LogP contribution is 2.31. The summed E-state index contributed by atoms with van der Waals surface area (Å²) in [5.41, 5.74) is 3.55. The van der Waals surface area contributed by atoms with E-state index in [1.165, 1.54) is 6.42 Å². The number of ether oxygens (including phenoxy) is 1. The molecule has 0 radical (unpaired) electrons. The summed E-state index contributed by atoms with van der Waals surface area (Å²) in [4.78, 5) is 1.03. The lowest BCUT2D eigenvalue weighted by molar-refractivity contribution is 0.218. The fourth-order valence-corrected chi connectivity index (χ4v) is 4.44. The van der Waals surface area contributed by atoms with E-state index < -0.39 is 0 Å². The van der Waals surface area contributed by atoms with Crippen molar-refractivity contribution in [2.75, 3.05) is 32.6 Å². The maximum Gasteiger partial charge on any atom is 0.103 e. The lowest BCUT2D eigenvalue weighted by atomic mass is 10.1. The third-order valence-electron chi connectivity index (χ3n) is 4.82. The number of nitrogens with one attached hydrogen (secondary N) is 1. The molecule has 1 aliphatic rings. The first-order chi connectivity index (χ1) is 13.3. The zero-order chi connectivity index (χ0) is 18.6. The Morgan fingerprint density at radius 1 is 1.33 bits per heavy atom. The zero-order valence-corrected chi connectivity index (χ0v) is 16.1. The van der Waals surface area contributed by atoms with Gasteiger partial charge in [-0.05, 0) is 25.5 Å². The Morgan fingerprint density at radius 3 is 3.04 bits per heavy atom. The van der Waals surface area contributed by atoms with Crippen LogP contribution in [0.2, 0.25) is 0 Å². The van der Waals surface area contributed by atoms with Gasteiger partial charge >= 0.3 is 0 Å². The molecule has 7 nitrogen and oxygen atoms in total. The number of rotatable bonds is 6. The second-order valence-electron chi connectivity index (χ2n) is 6.61. The van der Waals surface area contributed by atoms with E-state index in [0.29, 0.717) is 18.2 Å². The second kappa shape index (κ2) is 8.13. The van der Waals surface area contributed by atoms with Crippen LogP contribution >= 0.6 is 11.8 Å². The summed E-state index contributed by atoms with van der Waals surface area (Å²) >= 11 is 1.68. The van der Waals surface area contributed by atoms with Crippen molar-refractivity contribution in [2.24, 2.45) is 0 Å². The minimum absolute atomic E-state index is 0.404. The first-order valence-corrected chi connectivity index (χ1v) is 10.1. The third-order valence-corrected chi connectivity index (χ3v) is 5.82. The number of piperidine rings is 1. The van der Waals surface area contributed by atoms with E-state index >= 15 is 0 Å². The van der Waals surface area contributed by atoms with Crippen LogP contribution in [0, 0.1) is 11.3 Å². The molecule has 0 aliphatic carbocycles. The predicted octanol–water partition coefficient (Wildman–Crippen LogP) is 2.73. The van der Waals surface area contributed by atoms with Crippen LogP contribution in [0.15, 0.2) is 35.7 Å². The molecule has 1 aliphatic heterocycles. The van der Waals surface area contributed by atoms with Gasteiger partial charge in [0.1, 0.15) is 6.07 Å². The van der Waals surface area contributed by atoms with Gasteiger partial charge < -0.3 is 10.1 Å². The predicted molar refractivity (Wildman–Crippen MR) is 105 cm³/mol. The summed E-state index contributed by atoms with van der Waals surface area (Å²) in [5, 5.41) is 21.8. The van der Waals surface area contributed by atoms with Crippen molar-refractivity contribution < 1.29 is 4.74 Å². The van der Waals surface area contributed by atoms with Crippen LogP contribution in [-0.4, -0.2) is 52.0 Å². The molecule has 4 heterocycles. The molecular formula is C19H22N6OS. The summed E-state index contributed by atoms with van der Waals surface area (Å²) < 4.78 is 9.03. The number of aromatic nitrogens is 4. The van der Waals surface area contributed by atoms with Gasteiger partial charge in [-0.15, -0.1) is 11.8 Å². The maximum absolute atomic E-state index is 9.40. The molecule has 140 valence electrons. The van der Waals surface area contributed by atoms with E-state index in [2.05, 4.69) is 38.5 Å². The number of hydrogen-bond donors (Lipinski definition) is 1. The first-order valence-electron chi connectivity index (χ1n) is 9.08. The van der Waals surface area contributed by atoms with E-state index in [9.17, 15) is 5.26 Å². The summed E-state index contributed by atoms with van der Waals surface area (Å²) in [5.74, 6) is 0.818. The molecule has 4 rings (SSSR count). The summed E-state index contributed by atoms with van der Waals surface area (Å²) in [6, 6.07) is 4.76. The molecule has 0 bridgehead atoms. The fraction of sp³-hybridized carbons (Fsp3) is 0.421. The highest BCUT2D eigenvalue weighted by Gasteiger charge is 2.17. The van der Waals surface area contributed by atoms with Gasteiger partial charge in [-0.25, -0.2) is 4.52 Å². The monoisotopic (exact) mass is 382 g/mol. The van der Waals surface area contributed by atoms with Gasteiger partial charge in [-0.2, -0.15) is 15.5 Å². The average Bonchev–Trinajstić information content (AvgIpc) is 3.36. The van der Waals surface area contributed by atoms with Crippen LogP contribution in [0.5, 0.6) is 0 Å². The van der Waals surface area contributed by atoms with E-state index in [0.717, 1.165) is 46.8 Å². The van der Waals surface area contributed by atoms with Gasteiger partial charge in [0.05, 0.1) is 36.1 Å². The number of methoxy groups -OCH3 is 1. The Bertz CT molecular complexity index is 966. The highest BCUT2D eigenvalue weighted by atomic mass is 32.2. The van der Waals surface area contributed by atoms with Gasteiger partial charge in [0, 0.05) is 47.8 Å². The molecule has 1 atom stereocenters. The lowest BCUT2D eigenvalue weighted by Crippen LogP contribution is -2.31. The van der Waals surface area contributed by atoms with Gasteiger partial charge in [-0.1, -0.05) is 0 Å². The molecule has 0 amide bonds. The average molecular weight is 382 g/mol. The molecule has 3 aromatic rings. The Kier molecular flexibility index (Phi) is 5.43. The highest BCUT2D eigenvalue weighted by molar-refractivity contribution is 7.99. The van der Waals surface area contributed by atoms with Crippen LogP contribution in [0.3, 0.4) is 0 Å². The standard InChI is InChI=1S/C19H22N6OS/c1-26-5-6-27-18-7-14(12-25-19(18)15(8-20)9-23-25)16-10-22-24(13-16)17-3-2-4-21-11-17/h7,9-10,12-13,17,21H,2-6,11H2,1H3/t17-/m0/s1. The fourth-order valence-electron chi connectivity index (χ4n) is 3.42. The van der Waals surface area contributed by atoms with E-state index in [1.807, 2.05) is 12.4 Å². The smallest absolute Gasteiger partial charge is 0.103 e. The second-order valence-corrected chi connectivity index (χ2v) is 7.74. The molecule has 0 unspecified atom stereocenters. The number of nitriles is 1. The SMILES string of the molecule is COCCSc1cc(-c2cnn([C@H]3CCCNC3)c2)cn2ncc(C#N)c12. The largest absolute Gasteiger partial charge is 0.384 e. The first kappa shape index (κ1) is 18.0. The quantitative estimate of drug-likeness (QED) is 0.522. The van der Waals surface area contributed by atoms with Crippen LogP contribution in [0.25, 0.3) is 16.6 Å². The normalized spacial score (nSPS) is 17.3. The molecule has 0 aromatic carbocycles. The Balaban J connectivity index is 1.69. The summed E-state index contributed by atoms with van der Waals surface area (Å²) in [7, 11) is 1.70. The van der Waals surface area contributed by atoms with Crippen molar-refractivity contribution >= 4 is 17.3 Å². The number of thioether (sulfide) groups is 1. The molecule has 27 heavy (non-hydrogen) atoms. The number of pyridine rings is 1. The van der Waals surface area contributed by atoms with Crippen molar-refractivity contribution in [3.8, 4) is 17.2 Å². The Morgan fingerprint density at radius 2 is 2.26 bits per heavy atom. The van der Waals surface area contributed by atoms with Crippen LogP contribution in [0.4, 0.5) is 0 Å². The van der Waals surface area contributed by atoms with Crippen LogP contribution < -0.4 is 5.32 Å². The zero-order valence-electron chi connectivity index (χ0n) is 15.3. The van der Waals surface area contributed by atoms with Crippen molar-refractivity contribution in [3.05, 3.63) is 36.4 Å². The van der Waals surface area contributed by atoms with Gasteiger partial charge in [0.15, 0.2) is 0 Å². The molecule has 0 spiro atoms. The molecule has 0 saturated carbocycles. The lowest BCUT2D eigenvalue weighted by Gasteiger charge is -2.22. The minimum Gasteiger partial charge on any atom is -0.384 e. The van der Waals surface area contributed by atoms with Crippen molar-refractivity contribution in [3.63, 3.8) is 0 Å². The van der Waals surface area contributed by atoms with Crippen molar-refractivity contribution in [1.29, 1.82) is 5.26 Å². The van der Waals surface area contributed by atoms with Crippen molar-refractivity contribution in [2.45, 2.75) is 23.8 Å². The molecule has 3 aromatic heterocycles. The third kappa shape index (κ3) is 3.72. The topological polar surface area (TPSA) is 80.2 Å². The molecular weight excluding hydrogens is 360 g/mol. The summed E-state index contributed by atoms with van der Waals surface area (Å²) in [6.07, 6.45) is 9.94. The molecule has 1 fully saturated rings.